The Morgan fingerprint density at radius 2 is 1.81 bits per heavy atom. The Labute approximate surface area is 155 Å². The zero-order valence-electron chi connectivity index (χ0n) is 14.3. The minimum absolute atomic E-state index is 0.0738. The maximum absolute atomic E-state index is 14.2. The van der Waals surface area contributed by atoms with Gasteiger partial charge in [0.2, 0.25) is 10.0 Å². The van der Waals surface area contributed by atoms with Gasteiger partial charge in [0.15, 0.2) is 0 Å². The molecule has 0 saturated heterocycles. The lowest BCUT2D eigenvalue weighted by Gasteiger charge is -2.22. The Bertz CT molecular complexity index is 893. The lowest BCUT2D eigenvalue weighted by atomic mass is 10.1. The summed E-state index contributed by atoms with van der Waals surface area (Å²) in [7, 11) is -3.59. The summed E-state index contributed by atoms with van der Waals surface area (Å²) in [6.45, 7) is -0.283. The van der Waals surface area contributed by atoms with Crippen molar-refractivity contribution in [1.29, 1.82) is 0 Å². The van der Waals surface area contributed by atoms with E-state index < -0.39 is 28.2 Å². The van der Waals surface area contributed by atoms with Crippen LogP contribution >= 0.6 is 0 Å². The molecule has 0 atom stereocenters. The SMILES string of the molecule is CS(=O)(=O)N(Cc1ccc(CNNC(=O)C(F)F)c(F)c1)c1ccccc1. The third-order valence-electron chi connectivity index (χ3n) is 3.58. The van der Waals surface area contributed by atoms with Crippen LogP contribution in [0.25, 0.3) is 0 Å². The molecule has 6 nitrogen and oxygen atoms in total. The molecule has 0 saturated carbocycles. The minimum atomic E-state index is -3.59. The van der Waals surface area contributed by atoms with Crippen LogP contribution in [0.2, 0.25) is 0 Å². The standard InChI is InChI=1S/C17H18F3N3O3S/c1-27(25,26)23(14-5-3-2-4-6-14)11-12-7-8-13(15(18)9-12)10-21-22-17(24)16(19)20/h2-9,16,21H,10-11H2,1H3,(H,22,24). The third kappa shape index (κ3) is 5.97. The molecule has 2 N–H and O–H groups in total. The Morgan fingerprint density at radius 1 is 1.15 bits per heavy atom. The normalized spacial score (nSPS) is 11.4. The van der Waals surface area contributed by atoms with Gasteiger partial charge in [-0.25, -0.2) is 18.2 Å². The molecular weight excluding hydrogens is 383 g/mol. The Hall–Kier alpha value is -2.59. The Kier molecular flexibility index (Phi) is 6.81. The van der Waals surface area contributed by atoms with Gasteiger partial charge in [0.25, 0.3) is 0 Å². The van der Waals surface area contributed by atoms with Crippen LogP contribution < -0.4 is 15.2 Å². The summed E-state index contributed by atoms with van der Waals surface area (Å²) in [5.41, 5.74) is 4.94. The average Bonchev–Trinajstić information content (AvgIpc) is 2.61. The minimum Gasteiger partial charge on any atom is -0.286 e. The van der Waals surface area contributed by atoms with Crippen molar-refractivity contribution in [3.05, 3.63) is 65.5 Å². The number of nitrogens with one attached hydrogen (secondary N) is 2. The van der Waals surface area contributed by atoms with Gasteiger partial charge in [-0.3, -0.25) is 14.5 Å². The molecule has 0 aliphatic rings. The van der Waals surface area contributed by atoms with Crippen LogP contribution in [-0.2, 0) is 27.9 Å². The second-order valence-corrected chi connectivity index (χ2v) is 7.58. The van der Waals surface area contributed by atoms with E-state index in [-0.39, 0.29) is 18.7 Å². The van der Waals surface area contributed by atoms with Gasteiger partial charge in [-0.1, -0.05) is 30.3 Å². The van der Waals surface area contributed by atoms with Crippen molar-refractivity contribution in [3.8, 4) is 0 Å². The number of rotatable bonds is 8. The van der Waals surface area contributed by atoms with Crippen LogP contribution in [0, 0.1) is 5.82 Å². The number of hydrogen-bond acceptors (Lipinski definition) is 4. The highest BCUT2D eigenvalue weighted by atomic mass is 32.2. The molecule has 0 aliphatic carbocycles. The maximum Gasteiger partial charge on any atom is 0.316 e. The maximum atomic E-state index is 14.2. The van der Waals surface area contributed by atoms with Crippen molar-refractivity contribution in [2.45, 2.75) is 19.5 Å². The van der Waals surface area contributed by atoms with Gasteiger partial charge in [0.1, 0.15) is 5.82 Å². The van der Waals surface area contributed by atoms with E-state index in [1.165, 1.54) is 12.1 Å². The lowest BCUT2D eigenvalue weighted by molar-refractivity contribution is -0.132. The number of carbonyl (C=O) groups is 1. The van der Waals surface area contributed by atoms with Crippen LogP contribution in [0.1, 0.15) is 11.1 Å². The lowest BCUT2D eigenvalue weighted by Crippen LogP contribution is -2.40. The largest absolute Gasteiger partial charge is 0.316 e. The zero-order chi connectivity index (χ0) is 20.0. The van der Waals surface area contributed by atoms with E-state index in [0.29, 0.717) is 11.3 Å². The summed E-state index contributed by atoms with van der Waals surface area (Å²) in [5, 5.41) is 0. The molecule has 2 aromatic rings. The quantitative estimate of drug-likeness (QED) is 0.665. The summed E-state index contributed by atoms with van der Waals surface area (Å²) in [6, 6.07) is 12.5. The van der Waals surface area contributed by atoms with Crippen LogP contribution in [0.4, 0.5) is 18.9 Å². The zero-order valence-corrected chi connectivity index (χ0v) is 15.1. The monoisotopic (exact) mass is 401 g/mol. The van der Waals surface area contributed by atoms with Crippen molar-refractivity contribution in [2.75, 3.05) is 10.6 Å². The molecular formula is C17H18F3N3O3S. The first-order chi connectivity index (χ1) is 12.7. The number of sulfonamides is 1. The molecule has 0 spiro atoms. The van der Waals surface area contributed by atoms with Gasteiger partial charge < -0.3 is 0 Å². The molecule has 0 fully saturated rings. The fraction of sp³-hybridized carbons (Fsp3) is 0.235. The first-order valence-corrected chi connectivity index (χ1v) is 9.64. The number of hydrogen-bond donors (Lipinski definition) is 2. The van der Waals surface area contributed by atoms with E-state index in [1.54, 1.807) is 35.8 Å². The summed E-state index contributed by atoms with van der Waals surface area (Å²) in [4.78, 5) is 10.7. The molecule has 0 aliphatic heterocycles. The summed E-state index contributed by atoms with van der Waals surface area (Å²) < 4.78 is 63.6. The van der Waals surface area contributed by atoms with Crippen molar-refractivity contribution in [1.82, 2.24) is 10.9 Å². The smallest absolute Gasteiger partial charge is 0.286 e. The third-order valence-corrected chi connectivity index (χ3v) is 4.72. The van der Waals surface area contributed by atoms with Gasteiger partial charge in [0, 0.05) is 12.1 Å². The fourth-order valence-corrected chi connectivity index (χ4v) is 3.16. The van der Waals surface area contributed by atoms with Crippen molar-refractivity contribution in [3.63, 3.8) is 0 Å². The number of amides is 1. The van der Waals surface area contributed by atoms with E-state index >= 15 is 0 Å². The van der Waals surface area contributed by atoms with Crippen LogP contribution in [0.15, 0.2) is 48.5 Å². The number of hydrazine groups is 1. The molecule has 146 valence electrons. The van der Waals surface area contributed by atoms with Crippen molar-refractivity contribution in [2.24, 2.45) is 0 Å². The highest BCUT2D eigenvalue weighted by Gasteiger charge is 2.18. The van der Waals surface area contributed by atoms with Gasteiger partial charge in [-0.2, -0.15) is 8.78 Å². The second kappa shape index (κ2) is 8.87. The second-order valence-electron chi connectivity index (χ2n) is 5.67. The number of para-hydroxylation sites is 1. The number of alkyl halides is 2. The molecule has 0 radical (unpaired) electrons. The molecule has 27 heavy (non-hydrogen) atoms. The summed E-state index contributed by atoms with van der Waals surface area (Å²) >= 11 is 0. The first-order valence-electron chi connectivity index (χ1n) is 7.79. The van der Waals surface area contributed by atoms with Crippen molar-refractivity contribution >= 4 is 21.6 Å². The molecule has 10 heteroatoms. The molecule has 0 bridgehead atoms. The molecule has 0 aromatic heterocycles. The number of nitrogens with zero attached hydrogens (tertiary/aromatic N) is 1. The molecule has 1 amide bonds. The van der Waals surface area contributed by atoms with Gasteiger partial charge in [-0.05, 0) is 23.8 Å². The van der Waals surface area contributed by atoms with Crippen molar-refractivity contribution < 1.29 is 26.4 Å². The van der Waals surface area contributed by atoms with Gasteiger partial charge in [-0.15, -0.1) is 0 Å². The Morgan fingerprint density at radius 3 is 2.37 bits per heavy atom. The number of carbonyl (C=O) groups excluding carboxylic acids is 1. The predicted molar refractivity (Wildman–Crippen MR) is 94.9 cm³/mol. The predicted octanol–water partition coefficient (Wildman–Crippen LogP) is 2.18. The Balaban J connectivity index is 2.10. The highest BCUT2D eigenvalue weighted by molar-refractivity contribution is 7.92. The summed E-state index contributed by atoms with van der Waals surface area (Å²) in [5.74, 6) is -2.17. The molecule has 0 unspecified atom stereocenters. The number of benzene rings is 2. The van der Waals surface area contributed by atoms with Gasteiger partial charge >= 0.3 is 12.3 Å². The first kappa shape index (κ1) is 20.7. The van der Waals surface area contributed by atoms with Crippen LogP contribution in [-0.4, -0.2) is 27.0 Å². The molecule has 2 aromatic carbocycles. The van der Waals surface area contributed by atoms with E-state index in [2.05, 4.69) is 5.43 Å². The average molecular weight is 401 g/mol. The van der Waals surface area contributed by atoms with E-state index in [1.807, 2.05) is 0 Å². The number of anilines is 1. The number of halogens is 3. The van der Waals surface area contributed by atoms with E-state index in [0.717, 1.165) is 16.6 Å². The fourth-order valence-electron chi connectivity index (χ4n) is 2.27. The van der Waals surface area contributed by atoms with Crippen LogP contribution in [0.5, 0.6) is 0 Å². The molecule has 0 heterocycles. The van der Waals surface area contributed by atoms with Gasteiger partial charge in [0.05, 0.1) is 18.5 Å². The topological polar surface area (TPSA) is 78.5 Å². The van der Waals surface area contributed by atoms with Crippen LogP contribution in [0.3, 0.4) is 0 Å². The highest BCUT2D eigenvalue weighted by Crippen LogP contribution is 2.21. The van der Waals surface area contributed by atoms with E-state index in [9.17, 15) is 26.4 Å². The van der Waals surface area contributed by atoms with E-state index in [4.69, 9.17) is 0 Å². The summed E-state index contributed by atoms with van der Waals surface area (Å²) in [6.07, 6.45) is -2.12. The molecule has 2 rings (SSSR count).